The van der Waals surface area contributed by atoms with Crippen molar-refractivity contribution in [1.82, 2.24) is 4.90 Å². The molecule has 0 bridgehead atoms. The largest absolute Gasteiger partial charge is 0.504 e. The summed E-state index contributed by atoms with van der Waals surface area (Å²) in [4.78, 5) is 34.0. The third-order valence-electron chi connectivity index (χ3n) is 2.21. The van der Waals surface area contributed by atoms with E-state index in [1.807, 2.05) is 0 Å². The van der Waals surface area contributed by atoms with Crippen LogP contribution in [0.1, 0.15) is 10.4 Å². The number of carbonyl (C=O) groups excluding carboxylic acids is 2. The van der Waals surface area contributed by atoms with Crippen molar-refractivity contribution in [2.45, 2.75) is 0 Å². The molecule has 102 valence electrons. The monoisotopic (exact) mass is 268 g/mol. The number of hydrogen-bond donors (Lipinski definition) is 4. The molecular formula is C11H12N2O6. The average molecular weight is 268 g/mol. The zero-order valence-corrected chi connectivity index (χ0v) is 9.74. The van der Waals surface area contributed by atoms with Crippen LogP contribution in [0.2, 0.25) is 0 Å². The minimum absolute atomic E-state index is 0.317. The molecule has 2 amide bonds. The molecule has 0 aliphatic heterocycles. The van der Waals surface area contributed by atoms with Crippen molar-refractivity contribution >= 4 is 17.8 Å². The van der Waals surface area contributed by atoms with Crippen LogP contribution in [0.3, 0.4) is 0 Å². The van der Waals surface area contributed by atoms with E-state index in [1.165, 1.54) is 12.1 Å². The summed E-state index contributed by atoms with van der Waals surface area (Å²) in [6.45, 7) is -1.36. The maximum Gasteiger partial charge on any atom is 0.323 e. The van der Waals surface area contributed by atoms with Crippen molar-refractivity contribution in [2.24, 2.45) is 5.73 Å². The van der Waals surface area contributed by atoms with Crippen molar-refractivity contribution < 1.29 is 29.7 Å². The first-order chi connectivity index (χ1) is 8.82. The molecule has 0 heterocycles. The summed E-state index contributed by atoms with van der Waals surface area (Å²) in [5.41, 5.74) is 4.60. The molecule has 8 nitrogen and oxygen atoms in total. The van der Waals surface area contributed by atoms with Gasteiger partial charge in [0.1, 0.15) is 13.1 Å². The van der Waals surface area contributed by atoms with Crippen molar-refractivity contribution in [3.63, 3.8) is 0 Å². The standard InChI is InChI=1S/C11H12N2O6/c12-8(15)4-13(5-9(16)17)11(19)6-2-1-3-7(14)10(6)18/h1-3,14,18H,4-5H2,(H2,12,15)(H,16,17). The van der Waals surface area contributed by atoms with Gasteiger partial charge in [-0.3, -0.25) is 14.4 Å². The first-order valence-corrected chi connectivity index (χ1v) is 5.13. The molecule has 0 radical (unpaired) electrons. The molecule has 8 heteroatoms. The maximum absolute atomic E-state index is 12.0. The lowest BCUT2D eigenvalue weighted by atomic mass is 10.1. The molecule has 0 aliphatic carbocycles. The number of para-hydroxylation sites is 1. The lowest BCUT2D eigenvalue weighted by Crippen LogP contribution is -2.41. The summed E-state index contributed by atoms with van der Waals surface area (Å²) < 4.78 is 0. The van der Waals surface area contributed by atoms with Crippen LogP contribution in [-0.2, 0) is 9.59 Å². The number of phenolic OH excluding ortho intramolecular Hbond substituents is 2. The first-order valence-electron chi connectivity index (χ1n) is 5.13. The number of carboxylic acid groups (broad SMARTS) is 1. The molecule has 1 aromatic carbocycles. The van der Waals surface area contributed by atoms with E-state index in [0.29, 0.717) is 4.90 Å². The van der Waals surface area contributed by atoms with Crippen molar-refractivity contribution in [1.29, 1.82) is 0 Å². The zero-order chi connectivity index (χ0) is 14.6. The number of hydrogen-bond acceptors (Lipinski definition) is 5. The van der Waals surface area contributed by atoms with Crippen LogP contribution in [0.25, 0.3) is 0 Å². The van der Waals surface area contributed by atoms with Gasteiger partial charge in [-0.25, -0.2) is 0 Å². The van der Waals surface area contributed by atoms with Gasteiger partial charge in [-0.15, -0.1) is 0 Å². The molecule has 5 N–H and O–H groups in total. The Bertz CT molecular complexity index is 512. The molecule has 0 saturated heterocycles. The third-order valence-corrected chi connectivity index (χ3v) is 2.21. The van der Waals surface area contributed by atoms with Crippen molar-refractivity contribution in [3.05, 3.63) is 23.8 Å². The van der Waals surface area contributed by atoms with Crippen LogP contribution in [0.4, 0.5) is 0 Å². The van der Waals surface area contributed by atoms with E-state index in [4.69, 9.17) is 10.8 Å². The Balaban J connectivity index is 3.07. The number of aliphatic carboxylic acids is 1. The third kappa shape index (κ3) is 3.60. The van der Waals surface area contributed by atoms with Crippen molar-refractivity contribution in [2.75, 3.05) is 13.1 Å². The molecule has 0 fully saturated rings. The minimum Gasteiger partial charge on any atom is -0.504 e. The summed E-state index contributed by atoms with van der Waals surface area (Å²) in [5.74, 6) is -4.37. The van der Waals surface area contributed by atoms with Gasteiger partial charge in [-0.2, -0.15) is 0 Å². The lowest BCUT2D eigenvalue weighted by molar-refractivity contribution is -0.138. The smallest absolute Gasteiger partial charge is 0.323 e. The molecule has 1 rings (SSSR count). The Hall–Kier alpha value is -2.77. The highest BCUT2D eigenvalue weighted by molar-refractivity contribution is 6.00. The highest BCUT2D eigenvalue weighted by Crippen LogP contribution is 2.28. The summed E-state index contributed by atoms with van der Waals surface area (Å²) >= 11 is 0. The van der Waals surface area contributed by atoms with E-state index in [1.54, 1.807) is 0 Å². The first kappa shape index (κ1) is 14.3. The van der Waals surface area contributed by atoms with Gasteiger partial charge in [0.25, 0.3) is 5.91 Å². The fraction of sp³-hybridized carbons (Fsp3) is 0.182. The molecule has 0 aromatic heterocycles. The highest BCUT2D eigenvalue weighted by Gasteiger charge is 2.23. The predicted molar refractivity (Wildman–Crippen MR) is 62.5 cm³/mol. The number of benzene rings is 1. The van der Waals surface area contributed by atoms with Crippen LogP contribution in [0.15, 0.2) is 18.2 Å². The van der Waals surface area contributed by atoms with E-state index in [-0.39, 0.29) is 5.56 Å². The zero-order valence-electron chi connectivity index (χ0n) is 9.74. The predicted octanol–water partition coefficient (Wildman–Crippen LogP) is -0.890. The van der Waals surface area contributed by atoms with E-state index in [2.05, 4.69) is 0 Å². The van der Waals surface area contributed by atoms with Gasteiger partial charge in [0.05, 0.1) is 5.56 Å². The van der Waals surface area contributed by atoms with E-state index in [0.717, 1.165) is 6.07 Å². The van der Waals surface area contributed by atoms with Crippen LogP contribution in [0, 0.1) is 0 Å². The fourth-order valence-corrected chi connectivity index (χ4v) is 1.43. The minimum atomic E-state index is -1.34. The number of carbonyl (C=O) groups is 3. The fourth-order valence-electron chi connectivity index (χ4n) is 1.43. The van der Waals surface area contributed by atoms with Crippen molar-refractivity contribution in [3.8, 4) is 11.5 Å². The number of phenols is 2. The SMILES string of the molecule is NC(=O)CN(CC(=O)O)C(=O)c1cccc(O)c1O. The van der Waals surface area contributed by atoms with Crippen LogP contribution in [0.5, 0.6) is 11.5 Å². The molecule has 0 aliphatic rings. The second-order valence-electron chi connectivity index (χ2n) is 3.69. The normalized spacial score (nSPS) is 9.89. The Morgan fingerprint density at radius 2 is 1.79 bits per heavy atom. The van der Waals surface area contributed by atoms with Crippen LogP contribution in [-0.4, -0.2) is 51.1 Å². The Kier molecular flexibility index (Phi) is 4.30. The topological polar surface area (TPSA) is 141 Å². The van der Waals surface area contributed by atoms with Gasteiger partial charge >= 0.3 is 5.97 Å². The summed E-state index contributed by atoms with van der Waals surface area (Å²) in [5, 5.41) is 27.4. The second kappa shape index (κ2) is 5.71. The van der Waals surface area contributed by atoms with Gasteiger partial charge in [-0.05, 0) is 12.1 Å². The highest BCUT2D eigenvalue weighted by atomic mass is 16.4. The van der Waals surface area contributed by atoms with Gasteiger partial charge in [0, 0.05) is 0 Å². The van der Waals surface area contributed by atoms with E-state index in [9.17, 15) is 24.6 Å². The molecule has 1 aromatic rings. The number of rotatable bonds is 5. The molecule has 0 atom stereocenters. The van der Waals surface area contributed by atoms with Crippen LogP contribution >= 0.6 is 0 Å². The number of nitrogens with zero attached hydrogens (tertiary/aromatic N) is 1. The quantitative estimate of drug-likeness (QED) is 0.510. The molecule has 0 saturated carbocycles. The van der Waals surface area contributed by atoms with Gasteiger partial charge in [0.2, 0.25) is 5.91 Å². The number of aromatic hydroxyl groups is 2. The molecule has 19 heavy (non-hydrogen) atoms. The Morgan fingerprint density at radius 3 is 2.32 bits per heavy atom. The van der Waals surface area contributed by atoms with Gasteiger partial charge in [-0.1, -0.05) is 6.07 Å². The van der Waals surface area contributed by atoms with Gasteiger partial charge in [0.15, 0.2) is 11.5 Å². The molecule has 0 unspecified atom stereocenters. The van der Waals surface area contributed by atoms with Gasteiger partial charge < -0.3 is 26.0 Å². The van der Waals surface area contributed by atoms with E-state index >= 15 is 0 Å². The number of amides is 2. The van der Waals surface area contributed by atoms with Crippen LogP contribution < -0.4 is 5.73 Å². The summed E-state index contributed by atoms with van der Waals surface area (Å²) in [6, 6.07) is 3.64. The summed E-state index contributed by atoms with van der Waals surface area (Å²) in [7, 11) is 0. The lowest BCUT2D eigenvalue weighted by Gasteiger charge is -2.19. The average Bonchev–Trinajstić information content (AvgIpc) is 2.30. The second-order valence-corrected chi connectivity index (χ2v) is 3.69. The molecule has 0 spiro atoms. The summed E-state index contributed by atoms with van der Waals surface area (Å²) in [6.07, 6.45) is 0. The Morgan fingerprint density at radius 1 is 1.16 bits per heavy atom. The number of nitrogens with two attached hydrogens (primary N) is 1. The maximum atomic E-state index is 12.0. The number of primary amides is 1. The van der Waals surface area contributed by atoms with E-state index < -0.39 is 42.4 Å². The number of carboxylic acids is 1. The molecular weight excluding hydrogens is 256 g/mol. The Labute approximate surface area is 107 Å².